The predicted molar refractivity (Wildman–Crippen MR) is 146 cm³/mol. The van der Waals surface area contributed by atoms with Gasteiger partial charge in [0.1, 0.15) is 12.4 Å². The van der Waals surface area contributed by atoms with Gasteiger partial charge in [-0.2, -0.15) is 5.10 Å². The Morgan fingerprint density at radius 1 is 1.15 bits per heavy atom. The lowest BCUT2D eigenvalue weighted by atomic mass is 10.1. The van der Waals surface area contributed by atoms with Crippen LogP contribution in [0, 0.1) is 6.92 Å². The summed E-state index contributed by atoms with van der Waals surface area (Å²) in [6.07, 6.45) is 6.33. The fourth-order valence-electron chi connectivity index (χ4n) is 3.84. The average Bonchev–Trinajstić information content (AvgIpc) is 3.51. The number of aryl methyl sites for hydroxylation is 1. The van der Waals surface area contributed by atoms with Gasteiger partial charge in [0.2, 0.25) is 0 Å². The molecule has 1 atom stereocenters. The van der Waals surface area contributed by atoms with Crippen LogP contribution in [0.1, 0.15) is 35.1 Å². The Morgan fingerprint density at radius 3 is 2.74 bits per heavy atom. The van der Waals surface area contributed by atoms with Crippen molar-refractivity contribution in [3.05, 3.63) is 83.2 Å². The Labute approximate surface area is 219 Å². The molecule has 0 saturated carbocycles. The Morgan fingerprint density at radius 2 is 1.97 bits per heavy atom. The molecule has 2 heterocycles. The lowest BCUT2D eigenvalue weighted by Gasteiger charge is -2.17. The highest BCUT2D eigenvalue weighted by Gasteiger charge is 2.17. The normalized spacial score (nSPS) is 15.6. The zero-order valence-corrected chi connectivity index (χ0v) is 22.2. The van der Waals surface area contributed by atoms with E-state index in [0.29, 0.717) is 19.7 Å². The molecule has 0 amide bonds. The van der Waals surface area contributed by atoms with Gasteiger partial charge in [-0.25, -0.2) is 0 Å². The second kappa shape index (κ2) is 13.3. The van der Waals surface area contributed by atoms with Crippen molar-refractivity contribution in [2.75, 3.05) is 20.3 Å². The summed E-state index contributed by atoms with van der Waals surface area (Å²) < 4.78 is 13.8. The number of aliphatic imine (C=N–C) groups is 1. The minimum atomic E-state index is 0. The van der Waals surface area contributed by atoms with Crippen LogP contribution in [-0.4, -0.2) is 42.1 Å². The van der Waals surface area contributed by atoms with Crippen molar-refractivity contribution >= 4 is 29.9 Å². The van der Waals surface area contributed by atoms with Gasteiger partial charge in [-0.1, -0.05) is 42.5 Å². The maximum atomic E-state index is 6.11. The summed E-state index contributed by atoms with van der Waals surface area (Å²) in [5.74, 6) is 1.63. The molecule has 1 aliphatic rings. The van der Waals surface area contributed by atoms with Gasteiger partial charge in [-0.05, 0) is 37.0 Å². The second-order valence-electron chi connectivity index (χ2n) is 8.37. The third-order valence-corrected chi connectivity index (χ3v) is 5.68. The molecular formula is C26H34IN5O2. The quantitative estimate of drug-likeness (QED) is 0.227. The third kappa shape index (κ3) is 7.73. The summed E-state index contributed by atoms with van der Waals surface area (Å²) in [6, 6.07) is 16.6. The highest BCUT2D eigenvalue weighted by Crippen LogP contribution is 2.22. The van der Waals surface area contributed by atoms with Crippen molar-refractivity contribution in [2.45, 2.75) is 45.5 Å². The number of guanidine groups is 1. The molecule has 2 N–H and O–H groups in total. The summed E-state index contributed by atoms with van der Waals surface area (Å²) in [7, 11) is 1.78. The molecule has 0 radical (unpaired) electrons. The summed E-state index contributed by atoms with van der Waals surface area (Å²) >= 11 is 0. The van der Waals surface area contributed by atoms with E-state index in [9.17, 15) is 0 Å². The van der Waals surface area contributed by atoms with Crippen LogP contribution in [0.3, 0.4) is 0 Å². The van der Waals surface area contributed by atoms with Gasteiger partial charge < -0.3 is 20.1 Å². The van der Waals surface area contributed by atoms with Gasteiger partial charge in [0, 0.05) is 44.1 Å². The van der Waals surface area contributed by atoms with Crippen LogP contribution >= 0.6 is 24.0 Å². The van der Waals surface area contributed by atoms with Crippen molar-refractivity contribution in [3.63, 3.8) is 0 Å². The molecule has 182 valence electrons. The summed E-state index contributed by atoms with van der Waals surface area (Å²) in [4.78, 5) is 4.36. The van der Waals surface area contributed by atoms with Gasteiger partial charge in [-0.15, -0.1) is 24.0 Å². The SMILES string of the molecule is CN=C(NCc1cnn(Cc2ccccc2)c1)NCc1ccc(C)cc1OCC1CCCO1.I. The molecule has 0 aliphatic carbocycles. The maximum Gasteiger partial charge on any atom is 0.191 e. The molecule has 2 aromatic carbocycles. The molecule has 0 spiro atoms. The van der Waals surface area contributed by atoms with Gasteiger partial charge in [-0.3, -0.25) is 9.67 Å². The van der Waals surface area contributed by atoms with Crippen molar-refractivity contribution in [3.8, 4) is 5.75 Å². The summed E-state index contributed by atoms with van der Waals surface area (Å²) in [5, 5.41) is 11.2. The zero-order chi connectivity index (χ0) is 22.9. The lowest BCUT2D eigenvalue weighted by molar-refractivity contribution is 0.0676. The minimum absolute atomic E-state index is 0. The number of hydrogen-bond donors (Lipinski definition) is 2. The van der Waals surface area contributed by atoms with Crippen LogP contribution in [0.15, 0.2) is 65.9 Å². The van der Waals surface area contributed by atoms with Crippen LogP contribution in [0.2, 0.25) is 0 Å². The number of nitrogens with one attached hydrogen (secondary N) is 2. The lowest BCUT2D eigenvalue weighted by Crippen LogP contribution is -2.36. The Kier molecular flexibility index (Phi) is 10.2. The molecule has 7 nitrogen and oxygen atoms in total. The van der Waals surface area contributed by atoms with E-state index in [1.165, 1.54) is 11.1 Å². The number of aromatic nitrogens is 2. The fraction of sp³-hybridized carbons (Fsp3) is 0.385. The smallest absolute Gasteiger partial charge is 0.191 e. The molecule has 0 bridgehead atoms. The van der Waals surface area contributed by atoms with Crippen LogP contribution in [-0.2, 0) is 24.4 Å². The van der Waals surface area contributed by atoms with Crippen LogP contribution in [0.25, 0.3) is 0 Å². The molecular weight excluding hydrogens is 541 g/mol. The predicted octanol–water partition coefficient (Wildman–Crippen LogP) is 4.28. The number of rotatable bonds is 9. The molecule has 1 aliphatic heterocycles. The Bertz CT molecular complexity index is 1050. The van der Waals surface area contributed by atoms with E-state index in [4.69, 9.17) is 9.47 Å². The first kappa shape index (κ1) is 26.0. The standard InChI is InChI=1S/C26H33N5O2.HI/c1-20-10-11-23(25(13-20)33-19-24-9-6-12-32-24)16-29-26(27-2)28-14-22-15-30-31(18-22)17-21-7-4-3-5-8-21;/h3-5,7-8,10-11,13,15,18,24H,6,9,12,14,16-17,19H2,1-2H3,(H2,27,28,29);1H. The van der Waals surface area contributed by atoms with E-state index in [1.807, 2.05) is 29.1 Å². The first-order valence-corrected chi connectivity index (χ1v) is 11.5. The van der Waals surface area contributed by atoms with Gasteiger partial charge >= 0.3 is 0 Å². The van der Waals surface area contributed by atoms with Crippen molar-refractivity contribution in [1.82, 2.24) is 20.4 Å². The molecule has 1 saturated heterocycles. The third-order valence-electron chi connectivity index (χ3n) is 5.68. The van der Waals surface area contributed by atoms with Crippen LogP contribution < -0.4 is 15.4 Å². The molecule has 3 aromatic rings. The fourth-order valence-corrected chi connectivity index (χ4v) is 3.84. The van der Waals surface area contributed by atoms with E-state index >= 15 is 0 Å². The van der Waals surface area contributed by atoms with E-state index in [-0.39, 0.29) is 30.1 Å². The highest BCUT2D eigenvalue weighted by atomic mass is 127. The van der Waals surface area contributed by atoms with Gasteiger partial charge in [0.25, 0.3) is 0 Å². The first-order chi connectivity index (χ1) is 16.2. The molecule has 34 heavy (non-hydrogen) atoms. The van der Waals surface area contributed by atoms with E-state index in [2.05, 4.69) is 64.2 Å². The summed E-state index contributed by atoms with van der Waals surface area (Å²) in [5.41, 5.74) is 4.60. The zero-order valence-electron chi connectivity index (χ0n) is 19.9. The minimum Gasteiger partial charge on any atom is -0.491 e. The topological polar surface area (TPSA) is 72.7 Å². The van der Waals surface area contributed by atoms with E-state index in [0.717, 1.165) is 48.8 Å². The molecule has 1 unspecified atom stereocenters. The Hall–Kier alpha value is -2.59. The van der Waals surface area contributed by atoms with Crippen molar-refractivity contribution < 1.29 is 9.47 Å². The van der Waals surface area contributed by atoms with Crippen LogP contribution in [0.4, 0.5) is 0 Å². The van der Waals surface area contributed by atoms with E-state index < -0.39 is 0 Å². The first-order valence-electron chi connectivity index (χ1n) is 11.5. The number of nitrogens with zero attached hydrogens (tertiary/aromatic N) is 3. The monoisotopic (exact) mass is 575 g/mol. The second-order valence-corrected chi connectivity index (χ2v) is 8.37. The number of halogens is 1. The molecule has 8 heteroatoms. The van der Waals surface area contributed by atoms with Crippen molar-refractivity contribution in [1.29, 1.82) is 0 Å². The molecule has 1 aromatic heterocycles. The van der Waals surface area contributed by atoms with Gasteiger partial charge in [0.15, 0.2) is 5.96 Å². The van der Waals surface area contributed by atoms with Crippen molar-refractivity contribution in [2.24, 2.45) is 4.99 Å². The largest absolute Gasteiger partial charge is 0.491 e. The summed E-state index contributed by atoms with van der Waals surface area (Å²) in [6.45, 7) is 5.53. The number of ether oxygens (including phenoxy) is 2. The number of hydrogen-bond acceptors (Lipinski definition) is 4. The molecule has 4 rings (SSSR count). The van der Waals surface area contributed by atoms with Crippen LogP contribution in [0.5, 0.6) is 5.75 Å². The Balaban J connectivity index is 0.00000324. The maximum absolute atomic E-state index is 6.11. The van der Waals surface area contributed by atoms with E-state index in [1.54, 1.807) is 7.05 Å². The molecule has 1 fully saturated rings. The highest BCUT2D eigenvalue weighted by molar-refractivity contribution is 14.0. The van der Waals surface area contributed by atoms with Gasteiger partial charge in [0.05, 0.1) is 18.8 Å². The number of benzene rings is 2. The average molecular weight is 575 g/mol.